The molecule has 144 valence electrons. The number of likely N-dealkylation sites (tertiary alicyclic amines) is 1. The van der Waals surface area contributed by atoms with Gasteiger partial charge in [0.1, 0.15) is 0 Å². The molecule has 0 spiro atoms. The zero-order chi connectivity index (χ0) is 18.9. The van der Waals surface area contributed by atoms with Crippen LogP contribution < -0.4 is 14.8 Å². The summed E-state index contributed by atoms with van der Waals surface area (Å²) in [6.45, 7) is 1.84. The molecule has 1 heterocycles. The van der Waals surface area contributed by atoms with Crippen LogP contribution in [0.5, 0.6) is 11.5 Å². The van der Waals surface area contributed by atoms with E-state index in [4.69, 9.17) is 19.3 Å². The van der Waals surface area contributed by atoms with E-state index in [1.165, 1.54) is 4.90 Å². The first-order valence-electron chi connectivity index (χ1n) is 8.63. The summed E-state index contributed by atoms with van der Waals surface area (Å²) in [5.74, 6) is 0.785. The second-order valence-corrected chi connectivity index (χ2v) is 6.10. The second kappa shape index (κ2) is 9.86. The molecule has 1 aliphatic heterocycles. The van der Waals surface area contributed by atoms with E-state index < -0.39 is 6.09 Å². The van der Waals surface area contributed by atoms with Crippen molar-refractivity contribution < 1.29 is 28.9 Å². The van der Waals surface area contributed by atoms with Crippen molar-refractivity contribution in [1.29, 1.82) is 0 Å². The van der Waals surface area contributed by atoms with E-state index in [2.05, 4.69) is 5.32 Å². The molecule has 0 bridgehead atoms. The van der Waals surface area contributed by atoms with Gasteiger partial charge in [-0.1, -0.05) is 0 Å². The van der Waals surface area contributed by atoms with E-state index in [0.29, 0.717) is 43.4 Å². The van der Waals surface area contributed by atoms with Gasteiger partial charge >= 0.3 is 6.09 Å². The molecule has 1 atom stereocenters. The number of piperidine rings is 1. The van der Waals surface area contributed by atoms with E-state index >= 15 is 0 Å². The minimum absolute atomic E-state index is 0.194. The van der Waals surface area contributed by atoms with Crippen molar-refractivity contribution in [3.63, 3.8) is 0 Å². The topological polar surface area (TPSA) is 97.3 Å². The van der Waals surface area contributed by atoms with E-state index in [1.807, 2.05) is 0 Å². The van der Waals surface area contributed by atoms with Gasteiger partial charge in [0.25, 0.3) is 5.91 Å². The monoisotopic (exact) mass is 366 g/mol. The van der Waals surface area contributed by atoms with Crippen molar-refractivity contribution in [2.75, 3.05) is 40.5 Å². The Labute approximate surface area is 153 Å². The highest BCUT2D eigenvalue weighted by Crippen LogP contribution is 2.28. The third kappa shape index (κ3) is 5.52. The first kappa shape index (κ1) is 19.8. The lowest BCUT2D eigenvalue weighted by Crippen LogP contribution is -2.49. The molecule has 8 nitrogen and oxygen atoms in total. The Morgan fingerprint density at radius 1 is 1.27 bits per heavy atom. The number of ether oxygens (including phenoxy) is 3. The highest BCUT2D eigenvalue weighted by Gasteiger charge is 2.25. The van der Waals surface area contributed by atoms with Gasteiger partial charge < -0.3 is 29.5 Å². The number of carboxylic acid groups (broad SMARTS) is 1. The quantitative estimate of drug-likeness (QED) is 0.683. The second-order valence-electron chi connectivity index (χ2n) is 6.10. The Morgan fingerprint density at radius 2 is 2.08 bits per heavy atom. The Morgan fingerprint density at radius 3 is 2.77 bits per heavy atom. The lowest BCUT2D eigenvalue weighted by molar-refractivity contribution is 0.0888. The molecule has 0 aromatic heterocycles. The molecule has 2 rings (SSSR count). The average molecular weight is 366 g/mol. The zero-order valence-electron chi connectivity index (χ0n) is 15.2. The molecule has 0 radical (unpaired) electrons. The fraction of sp³-hybridized carbons (Fsp3) is 0.556. The summed E-state index contributed by atoms with van der Waals surface area (Å²) in [4.78, 5) is 24.9. The Bertz CT molecular complexity index is 622. The lowest BCUT2D eigenvalue weighted by atomic mass is 10.1. The van der Waals surface area contributed by atoms with Gasteiger partial charge in [-0.15, -0.1) is 0 Å². The summed E-state index contributed by atoms with van der Waals surface area (Å²) in [6.07, 6.45) is 1.25. The van der Waals surface area contributed by atoms with Crippen molar-refractivity contribution in [3.8, 4) is 11.5 Å². The van der Waals surface area contributed by atoms with Crippen LogP contribution in [0.1, 0.15) is 29.6 Å². The number of nitrogens with one attached hydrogen (secondary N) is 1. The molecule has 1 aromatic carbocycles. The normalized spacial score (nSPS) is 16.8. The van der Waals surface area contributed by atoms with Gasteiger partial charge in [0.15, 0.2) is 11.5 Å². The minimum Gasteiger partial charge on any atom is -0.493 e. The summed E-state index contributed by atoms with van der Waals surface area (Å²) in [6, 6.07) is 4.79. The van der Waals surface area contributed by atoms with Crippen molar-refractivity contribution in [1.82, 2.24) is 10.2 Å². The molecule has 0 aliphatic carbocycles. The number of rotatable bonds is 8. The van der Waals surface area contributed by atoms with Crippen LogP contribution in [-0.4, -0.2) is 68.6 Å². The molecular formula is C18H26N2O6. The number of benzene rings is 1. The average Bonchev–Trinajstić information content (AvgIpc) is 2.65. The van der Waals surface area contributed by atoms with E-state index in [-0.39, 0.29) is 11.9 Å². The number of carbonyl (C=O) groups is 2. The summed E-state index contributed by atoms with van der Waals surface area (Å²) in [7, 11) is 3.17. The van der Waals surface area contributed by atoms with E-state index in [9.17, 15) is 9.59 Å². The highest BCUT2D eigenvalue weighted by molar-refractivity contribution is 5.95. The third-order valence-electron chi connectivity index (χ3n) is 4.20. The van der Waals surface area contributed by atoms with Gasteiger partial charge in [0.2, 0.25) is 0 Å². The van der Waals surface area contributed by atoms with Crippen LogP contribution in [0, 0.1) is 0 Å². The highest BCUT2D eigenvalue weighted by atomic mass is 16.5. The predicted molar refractivity (Wildman–Crippen MR) is 95.1 cm³/mol. The van der Waals surface area contributed by atoms with Crippen molar-refractivity contribution >= 4 is 12.0 Å². The van der Waals surface area contributed by atoms with Gasteiger partial charge in [0, 0.05) is 44.8 Å². The van der Waals surface area contributed by atoms with E-state index in [1.54, 1.807) is 32.4 Å². The molecule has 0 saturated carbocycles. The van der Waals surface area contributed by atoms with Crippen molar-refractivity contribution in [2.45, 2.75) is 25.3 Å². The van der Waals surface area contributed by atoms with Gasteiger partial charge in [0.05, 0.1) is 13.7 Å². The third-order valence-corrected chi connectivity index (χ3v) is 4.20. The number of hydrogen-bond donors (Lipinski definition) is 2. The van der Waals surface area contributed by atoms with Crippen LogP contribution >= 0.6 is 0 Å². The van der Waals surface area contributed by atoms with Crippen molar-refractivity contribution in [2.24, 2.45) is 0 Å². The molecule has 1 aliphatic rings. The Hall–Kier alpha value is -2.48. The molecule has 2 N–H and O–H groups in total. The number of methoxy groups -OCH3 is 2. The molecule has 8 heteroatoms. The van der Waals surface area contributed by atoms with Gasteiger partial charge in [-0.05, 0) is 31.0 Å². The molecule has 26 heavy (non-hydrogen) atoms. The molecular weight excluding hydrogens is 340 g/mol. The number of carbonyl (C=O) groups excluding carboxylic acids is 1. The van der Waals surface area contributed by atoms with Crippen LogP contribution in [-0.2, 0) is 4.74 Å². The summed E-state index contributed by atoms with van der Waals surface area (Å²) < 4.78 is 15.9. The zero-order valence-corrected chi connectivity index (χ0v) is 15.2. The van der Waals surface area contributed by atoms with Crippen LogP contribution in [0.4, 0.5) is 4.79 Å². The van der Waals surface area contributed by atoms with Crippen LogP contribution in [0.2, 0.25) is 0 Å². The van der Waals surface area contributed by atoms with Gasteiger partial charge in [-0.25, -0.2) is 4.79 Å². The largest absolute Gasteiger partial charge is 0.493 e. The number of hydrogen-bond acceptors (Lipinski definition) is 5. The molecule has 2 amide bonds. The Kier molecular flexibility index (Phi) is 7.53. The van der Waals surface area contributed by atoms with Gasteiger partial charge in [-0.3, -0.25) is 4.79 Å². The first-order chi connectivity index (χ1) is 12.5. The summed E-state index contributed by atoms with van der Waals surface area (Å²) in [5.41, 5.74) is 0.444. The predicted octanol–water partition coefficient (Wildman–Crippen LogP) is 1.98. The summed E-state index contributed by atoms with van der Waals surface area (Å²) in [5, 5.41) is 12.0. The minimum atomic E-state index is -0.958. The molecule has 1 aromatic rings. The summed E-state index contributed by atoms with van der Waals surface area (Å²) >= 11 is 0. The standard InChI is InChI=1S/C18H26N2O6/c1-24-9-4-10-26-16-11-13(6-7-15(16)25-2)17(21)19-14-5-3-8-20(12-14)18(22)23/h6-7,11,14H,3-5,8-10,12H2,1-2H3,(H,19,21)(H,22,23)/t14-/m1/s1. The Balaban J connectivity index is 2.00. The number of amides is 2. The maximum atomic E-state index is 12.5. The maximum absolute atomic E-state index is 12.5. The maximum Gasteiger partial charge on any atom is 0.407 e. The van der Waals surface area contributed by atoms with Crippen LogP contribution in [0.3, 0.4) is 0 Å². The molecule has 1 saturated heterocycles. The van der Waals surface area contributed by atoms with E-state index in [0.717, 1.165) is 19.3 Å². The SMILES string of the molecule is COCCCOc1cc(C(=O)N[C@@H]2CCCN(C(=O)O)C2)ccc1OC. The van der Waals surface area contributed by atoms with Crippen LogP contribution in [0.15, 0.2) is 18.2 Å². The van der Waals surface area contributed by atoms with Crippen molar-refractivity contribution in [3.05, 3.63) is 23.8 Å². The lowest BCUT2D eigenvalue weighted by Gasteiger charge is -2.31. The fourth-order valence-corrected chi connectivity index (χ4v) is 2.85. The van der Waals surface area contributed by atoms with Gasteiger partial charge in [-0.2, -0.15) is 0 Å². The smallest absolute Gasteiger partial charge is 0.407 e. The molecule has 1 fully saturated rings. The molecule has 0 unspecified atom stereocenters. The van der Waals surface area contributed by atoms with Crippen LogP contribution in [0.25, 0.3) is 0 Å². The fourth-order valence-electron chi connectivity index (χ4n) is 2.85. The first-order valence-corrected chi connectivity index (χ1v) is 8.63. The number of nitrogens with zero attached hydrogens (tertiary/aromatic N) is 1.